The molecule has 3 heteroatoms. The van der Waals surface area contributed by atoms with Crippen molar-refractivity contribution in [2.24, 2.45) is 10.8 Å². The molecule has 120 valence electrons. The Morgan fingerprint density at radius 3 is 1.82 bits per heavy atom. The van der Waals surface area contributed by atoms with Crippen molar-refractivity contribution in [3.63, 3.8) is 0 Å². The highest BCUT2D eigenvalue weighted by Gasteiger charge is 2.67. The van der Waals surface area contributed by atoms with E-state index < -0.39 is 0 Å². The second kappa shape index (κ2) is 4.56. The van der Waals surface area contributed by atoms with Crippen LogP contribution >= 0.6 is 0 Å². The van der Waals surface area contributed by atoms with E-state index in [-0.39, 0.29) is 16.9 Å². The third-order valence-electron chi connectivity index (χ3n) is 6.60. The number of aliphatic hydroxyl groups is 1. The quantitative estimate of drug-likeness (QED) is 0.705. The SMILES string of the molecule is CC(C)c1ccc(C2[NH+]3CC4(C)C[NH+]2CC(C)(C3)C4O)cc1. The molecule has 3 nitrogen and oxygen atoms in total. The summed E-state index contributed by atoms with van der Waals surface area (Å²) in [6.45, 7) is 13.6. The van der Waals surface area contributed by atoms with Gasteiger partial charge in [0.1, 0.15) is 0 Å². The molecule has 4 bridgehead atoms. The maximum absolute atomic E-state index is 10.8. The molecule has 0 aromatic heterocycles. The summed E-state index contributed by atoms with van der Waals surface area (Å²) < 4.78 is 0. The highest BCUT2D eigenvalue weighted by atomic mass is 16.3. The van der Waals surface area contributed by atoms with Gasteiger partial charge >= 0.3 is 0 Å². The fourth-order valence-corrected chi connectivity index (χ4v) is 5.79. The molecule has 4 heterocycles. The van der Waals surface area contributed by atoms with Crippen molar-refractivity contribution in [3.05, 3.63) is 35.4 Å². The van der Waals surface area contributed by atoms with E-state index in [0.717, 1.165) is 26.2 Å². The topological polar surface area (TPSA) is 29.1 Å². The van der Waals surface area contributed by atoms with Gasteiger partial charge in [-0.15, -0.1) is 0 Å². The molecule has 0 amide bonds. The molecule has 0 radical (unpaired) electrons. The van der Waals surface area contributed by atoms with Gasteiger partial charge in [0.05, 0.1) is 48.7 Å². The van der Waals surface area contributed by atoms with Crippen LogP contribution in [0.4, 0.5) is 0 Å². The van der Waals surface area contributed by atoms with Gasteiger partial charge in [0.2, 0.25) is 6.17 Å². The van der Waals surface area contributed by atoms with Crippen LogP contribution in [0.3, 0.4) is 0 Å². The minimum absolute atomic E-state index is 0.101. The van der Waals surface area contributed by atoms with Crippen LogP contribution in [-0.2, 0) is 0 Å². The first-order valence-corrected chi connectivity index (χ1v) is 8.79. The third-order valence-corrected chi connectivity index (χ3v) is 6.60. The monoisotopic (exact) mass is 302 g/mol. The summed E-state index contributed by atoms with van der Waals surface area (Å²) >= 11 is 0. The van der Waals surface area contributed by atoms with Gasteiger partial charge in [0, 0.05) is 0 Å². The average Bonchev–Trinajstić information content (AvgIpc) is 2.44. The number of nitrogens with one attached hydrogen (secondary N) is 2. The first-order chi connectivity index (χ1) is 10.3. The summed E-state index contributed by atoms with van der Waals surface area (Å²) in [5, 5.41) is 10.8. The van der Waals surface area contributed by atoms with Crippen LogP contribution in [0.2, 0.25) is 0 Å². The maximum atomic E-state index is 10.8. The van der Waals surface area contributed by atoms with Gasteiger partial charge in [-0.05, 0) is 37.5 Å². The smallest absolute Gasteiger partial charge is 0.240 e. The highest BCUT2D eigenvalue weighted by molar-refractivity contribution is 5.25. The van der Waals surface area contributed by atoms with Crippen LogP contribution in [0.1, 0.15) is 50.9 Å². The molecule has 1 aromatic rings. The van der Waals surface area contributed by atoms with Crippen molar-refractivity contribution in [2.45, 2.75) is 45.9 Å². The Kier molecular flexibility index (Phi) is 3.04. The summed E-state index contributed by atoms with van der Waals surface area (Å²) in [7, 11) is 0. The van der Waals surface area contributed by atoms with Crippen molar-refractivity contribution in [1.29, 1.82) is 0 Å². The van der Waals surface area contributed by atoms with Gasteiger partial charge < -0.3 is 5.11 Å². The van der Waals surface area contributed by atoms with Crippen LogP contribution in [0, 0.1) is 10.8 Å². The van der Waals surface area contributed by atoms with E-state index in [0.29, 0.717) is 12.1 Å². The van der Waals surface area contributed by atoms with Gasteiger partial charge in [-0.3, -0.25) is 9.80 Å². The fourth-order valence-electron chi connectivity index (χ4n) is 5.79. The summed E-state index contributed by atoms with van der Waals surface area (Å²) in [6, 6.07) is 9.32. The third kappa shape index (κ3) is 1.92. The van der Waals surface area contributed by atoms with Crippen molar-refractivity contribution < 1.29 is 14.9 Å². The molecule has 0 atom stereocenters. The van der Waals surface area contributed by atoms with Gasteiger partial charge in [0.25, 0.3) is 0 Å². The molecular weight excluding hydrogens is 272 g/mol. The first kappa shape index (κ1) is 14.7. The molecule has 4 fully saturated rings. The lowest BCUT2D eigenvalue weighted by molar-refractivity contribution is -1.19. The number of quaternary nitrogens is 2. The van der Waals surface area contributed by atoms with E-state index in [1.165, 1.54) is 11.1 Å². The number of benzene rings is 1. The Morgan fingerprint density at radius 2 is 1.41 bits per heavy atom. The Hall–Kier alpha value is -0.900. The van der Waals surface area contributed by atoms with Crippen molar-refractivity contribution >= 4 is 0 Å². The van der Waals surface area contributed by atoms with Crippen LogP contribution in [-0.4, -0.2) is 37.4 Å². The predicted molar refractivity (Wildman–Crippen MR) is 86.9 cm³/mol. The Balaban J connectivity index is 1.66. The molecule has 1 aromatic carbocycles. The fraction of sp³-hybridized carbons (Fsp3) is 0.684. The lowest BCUT2D eigenvalue weighted by Gasteiger charge is -2.62. The zero-order valence-electron chi connectivity index (χ0n) is 14.3. The standard InChI is InChI=1S/C19H28N2O/c1-13(2)14-5-7-15(8-6-14)16-20-9-18(3)10-21(16)12-19(4,11-20)17(18)22/h5-8,13,16-17,22H,9-12H2,1-4H3/p+2. The Labute approximate surface area is 133 Å². The van der Waals surface area contributed by atoms with E-state index in [1.807, 2.05) is 0 Å². The van der Waals surface area contributed by atoms with Crippen molar-refractivity contribution in [3.8, 4) is 0 Å². The van der Waals surface area contributed by atoms with Crippen LogP contribution < -0.4 is 9.80 Å². The van der Waals surface area contributed by atoms with Crippen LogP contribution in [0.25, 0.3) is 0 Å². The second-order valence-corrected chi connectivity index (χ2v) is 8.99. The zero-order chi connectivity index (χ0) is 15.7. The second-order valence-electron chi connectivity index (χ2n) is 8.99. The number of rotatable bonds is 2. The lowest BCUT2D eigenvalue weighted by Crippen LogP contribution is -3.41. The van der Waals surface area contributed by atoms with Gasteiger partial charge in [-0.25, -0.2) is 0 Å². The molecule has 22 heavy (non-hydrogen) atoms. The van der Waals surface area contributed by atoms with E-state index in [4.69, 9.17) is 0 Å². The molecule has 5 rings (SSSR count). The molecule has 0 saturated carbocycles. The molecule has 4 saturated heterocycles. The van der Waals surface area contributed by atoms with E-state index in [9.17, 15) is 5.11 Å². The minimum Gasteiger partial charge on any atom is -0.391 e. The molecular formula is C19H30N2O+2. The molecule has 0 aliphatic carbocycles. The Morgan fingerprint density at radius 1 is 0.955 bits per heavy atom. The van der Waals surface area contributed by atoms with E-state index in [2.05, 4.69) is 52.0 Å². The largest absolute Gasteiger partial charge is 0.391 e. The average molecular weight is 302 g/mol. The molecule has 0 unspecified atom stereocenters. The van der Waals surface area contributed by atoms with Gasteiger partial charge in [-0.1, -0.05) is 26.0 Å². The van der Waals surface area contributed by atoms with Gasteiger partial charge in [0.15, 0.2) is 0 Å². The van der Waals surface area contributed by atoms with Crippen LogP contribution in [0.5, 0.6) is 0 Å². The lowest BCUT2D eigenvalue weighted by atomic mass is 9.60. The number of piperidine rings is 2. The first-order valence-electron chi connectivity index (χ1n) is 8.79. The predicted octanol–water partition coefficient (Wildman–Crippen LogP) is -0.00730. The zero-order valence-corrected chi connectivity index (χ0v) is 14.3. The van der Waals surface area contributed by atoms with Crippen LogP contribution in [0.15, 0.2) is 24.3 Å². The minimum atomic E-state index is -0.128. The number of hydrogen-bond donors (Lipinski definition) is 3. The normalized spacial score (nSPS) is 46.5. The summed E-state index contributed by atoms with van der Waals surface area (Å²) in [5.41, 5.74) is 3.11. The van der Waals surface area contributed by atoms with Gasteiger partial charge in [-0.2, -0.15) is 0 Å². The summed E-state index contributed by atoms with van der Waals surface area (Å²) in [5.74, 6) is 0.598. The molecule has 4 aliphatic rings. The number of aliphatic hydroxyl groups excluding tert-OH is 1. The molecule has 0 spiro atoms. The van der Waals surface area contributed by atoms with E-state index >= 15 is 0 Å². The highest BCUT2D eigenvalue weighted by Crippen LogP contribution is 2.39. The van der Waals surface area contributed by atoms with Crippen molar-refractivity contribution in [2.75, 3.05) is 26.2 Å². The van der Waals surface area contributed by atoms with Crippen molar-refractivity contribution in [1.82, 2.24) is 0 Å². The number of hydrogen-bond acceptors (Lipinski definition) is 1. The van der Waals surface area contributed by atoms with E-state index in [1.54, 1.807) is 9.80 Å². The Bertz CT molecular complexity index is 542. The summed E-state index contributed by atoms with van der Waals surface area (Å²) in [4.78, 5) is 3.36. The summed E-state index contributed by atoms with van der Waals surface area (Å²) in [6.07, 6.45) is 0.437. The molecule has 3 N–H and O–H groups in total. The molecule has 4 aliphatic heterocycles. The maximum Gasteiger partial charge on any atom is 0.240 e.